The predicted octanol–water partition coefficient (Wildman–Crippen LogP) is 2.21. The van der Waals surface area contributed by atoms with Gasteiger partial charge in [0.2, 0.25) is 0 Å². The van der Waals surface area contributed by atoms with E-state index in [1.165, 1.54) is 5.57 Å². The summed E-state index contributed by atoms with van der Waals surface area (Å²) >= 11 is 0. The molecule has 1 aliphatic rings. The minimum Gasteiger partial charge on any atom is -0.497 e. The molecule has 0 unspecified atom stereocenters. The third-order valence-electron chi connectivity index (χ3n) is 2.75. The molecule has 1 heterocycles. The van der Waals surface area contributed by atoms with E-state index in [1.807, 2.05) is 18.2 Å². The number of allylic oxidation sites excluding steroid dienone is 1. The van der Waals surface area contributed by atoms with Crippen molar-refractivity contribution in [1.29, 1.82) is 0 Å². The maximum absolute atomic E-state index is 5.57. The fourth-order valence-corrected chi connectivity index (χ4v) is 1.88. The molecule has 86 valence electrons. The number of fused-ring (bicyclic) bond motifs is 1. The van der Waals surface area contributed by atoms with Gasteiger partial charge in [0.1, 0.15) is 18.1 Å². The van der Waals surface area contributed by atoms with E-state index in [2.05, 4.69) is 6.08 Å². The first-order valence-corrected chi connectivity index (χ1v) is 5.55. The molecule has 1 aliphatic heterocycles. The van der Waals surface area contributed by atoms with Gasteiger partial charge in [-0.15, -0.1) is 0 Å². The van der Waals surface area contributed by atoms with Gasteiger partial charge < -0.3 is 15.2 Å². The van der Waals surface area contributed by atoms with Crippen molar-refractivity contribution in [2.24, 2.45) is 5.73 Å². The third kappa shape index (κ3) is 2.19. The van der Waals surface area contributed by atoms with Crippen LogP contribution >= 0.6 is 0 Å². The van der Waals surface area contributed by atoms with E-state index in [4.69, 9.17) is 15.2 Å². The van der Waals surface area contributed by atoms with E-state index in [0.29, 0.717) is 6.61 Å². The molecule has 3 nitrogen and oxygen atoms in total. The summed E-state index contributed by atoms with van der Waals surface area (Å²) in [5.74, 6) is 1.80. The molecule has 0 saturated carbocycles. The Morgan fingerprint density at radius 2 is 2.31 bits per heavy atom. The molecule has 0 spiro atoms. The fourth-order valence-electron chi connectivity index (χ4n) is 1.88. The van der Waals surface area contributed by atoms with Crippen molar-refractivity contribution in [1.82, 2.24) is 0 Å². The van der Waals surface area contributed by atoms with E-state index in [1.54, 1.807) is 7.11 Å². The van der Waals surface area contributed by atoms with E-state index >= 15 is 0 Å². The molecule has 1 aromatic rings. The normalized spacial score (nSPS) is 13.8. The zero-order valence-electron chi connectivity index (χ0n) is 9.53. The summed E-state index contributed by atoms with van der Waals surface area (Å²) in [6.07, 6.45) is 4.12. The summed E-state index contributed by atoms with van der Waals surface area (Å²) in [7, 11) is 1.68. The number of rotatable bonds is 4. The standard InChI is InChI=1S/C13H17NO2/c1-15-11-4-5-13-12(9-11)10(3-2-7-14)6-8-16-13/h4-6,9H,2-3,7-8,14H2,1H3. The van der Waals surface area contributed by atoms with Crippen LogP contribution < -0.4 is 15.2 Å². The van der Waals surface area contributed by atoms with Crippen LogP contribution in [-0.4, -0.2) is 20.3 Å². The van der Waals surface area contributed by atoms with Gasteiger partial charge in [0.25, 0.3) is 0 Å². The third-order valence-corrected chi connectivity index (χ3v) is 2.75. The molecular formula is C13H17NO2. The summed E-state index contributed by atoms with van der Waals surface area (Å²) in [5.41, 5.74) is 7.99. The second-order valence-corrected chi connectivity index (χ2v) is 3.79. The van der Waals surface area contributed by atoms with Crippen LogP contribution in [0.4, 0.5) is 0 Å². The molecule has 0 amide bonds. The Hall–Kier alpha value is -1.48. The summed E-state index contributed by atoms with van der Waals surface area (Å²) < 4.78 is 10.8. The molecule has 0 atom stereocenters. The Morgan fingerprint density at radius 1 is 1.44 bits per heavy atom. The Labute approximate surface area is 95.9 Å². The Kier molecular flexibility index (Phi) is 3.47. The molecule has 0 saturated heterocycles. The average molecular weight is 219 g/mol. The lowest BCUT2D eigenvalue weighted by Gasteiger charge is -2.19. The number of benzene rings is 1. The summed E-state index contributed by atoms with van der Waals surface area (Å²) in [5, 5.41) is 0. The summed E-state index contributed by atoms with van der Waals surface area (Å²) in [4.78, 5) is 0. The maximum atomic E-state index is 5.57. The number of methoxy groups -OCH3 is 1. The Balaban J connectivity index is 2.27. The molecule has 0 aliphatic carbocycles. The lowest BCUT2D eigenvalue weighted by atomic mass is 9.98. The average Bonchev–Trinajstić information content (AvgIpc) is 2.35. The molecule has 1 aromatic carbocycles. The molecule has 2 N–H and O–H groups in total. The highest BCUT2D eigenvalue weighted by Crippen LogP contribution is 2.34. The van der Waals surface area contributed by atoms with Gasteiger partial charge >= 0.3 is 0 Å². The van der Waals surface area contributed by atoms with Gasteiger partial charge in [0.15, 0.2) is 0 Å². The van der Waals surface area contributed by atoms with Gasteiger partial charge in [0, 0.05) is 5.56 Å². The largest absolute Gasteiger partial charge is 0.497 e. The zero-order valence-corrected chi connectivity index (χ0v) is 9.53. The molecular weight excluding hydrogens is 202 g/mol. The molecule has 2 rings (SSSR count). The second-order valence-electron chi connectivity index (χ2n) is 3.79. The Bertz CT molecular complexity index is 399. The van der Waals surface area contributed by atoms with E-state index in [0.717, 1.165) is 36.4 Å². The van der Waals surface area contributed by atoms with Gasteiger partial charge in [-0.3, -0.25) is 0 Å². The predicted molar refractivity (Wildman–Crippen MR) is 64.8 cm³/mol. The molecule has 0 radical (unpaired) electrons. The van der Waals surface area contributed by atoms with Crippen LogP contribution in [-0.2, 0) is 0 Å². The van der Waals surface area contributed by atoms with Gasteiger partial charge in [-0.25, -0.2) is 0 Å². The smallest absolute Gasteiger partial charge is 0.127 e. The summed E-state index contributed by atoms with van der Waals surface area (Å²) in [6.45, 7) is 1.37. The second kappa shape index (κ2) is 5.03. The van der Waals surface area contributed by atoms with Crippen LogP contribution in [0.15, 0.2) is 24.3 Å². The van der Waals surface area contributed by atoms with Crippen molar-refractivity contribution in [3.8, 4) is 11.5 Å². The number of hydrogen-bond donors (Lipinski definition) is 1. The first-order valence-electron chi connectivity index (χ1n) is 5.55. The highest BCUT2D eigenvalue weighted by atomic mass is 16.5. The molecule has 3 heteroatoms. The van der Waals surface area contributed by atoms with E-state index in [9.17, 15) is 0 Å². The van der Waals surface area contributed by atoms with Crippen molar-refractivity contribution in [2.75, 3.05) is 20.3 Å². The topological polar surface area (TPSA) is 44.5 Å². The number of ether oxygens (including phenoxy) is 2. The van der Waals surface area contributed by atoms with E-state index in [-0.39, 0.29) is 0 Å². The van der Waals surface area contributed by atoms with Crippen LogP contribution in [0.3, 0.4) is 0 Å². The number of nitrogens with two attached hydrogens (primary N) is 1. The molecule has 0 aromatic heterocycles. The minimum atomic E-state index is 0.652. The lowest BCUT2D eigenvalue weighted by molar-refractivity contribution is 0.354. The highest BCUT2D eigenvalue weighted by Gasteiger charge is 2.14. The zero-order chi connectivity index (χ0) is 11.4. The van der Waals surface area contributed by atoms with Gasteiger partial charge in [-0.05, 0) is 49.2 Å². The van der Waals surface area contributed by atoms with Crippen LogP contribution in [0.5, 0.6) is 11.5 Å². The minimum absolute atomic E-state index is 0.652. The molecule has 0 fully saturated rings. The summed E-state index contributed by atoms with van der Waals surface area (Å²) in [6, 6.07) is 5.91. The van der Waals surface area contributed by atoms with Crippen LogP contribution in [0, 0.1) is 0 Å². The maximum Gasteiger partial charge on any atom is 0.127 e. The fraction of sp³-hybridized carbons (Fsp3) is 0.385. The quantitative estimate of drug-likeness (QED) is 0.844. The van der Waals surface area contributed by atoms with Crippen molar-refractivity contribution in [3.63, 3.8) is 0 Å². The molecule has 16 heavy (non-hydrogen) atoms. The van der Waals surface area contributed by atoms with Crippen molar-refractivity contribution in [2.45, 2.75) is 12.8 Å². The van der Waals surface area contributed by atoms with Gasteiger partial charge in [0.05, 0.1) is 7.11 Å². The van der Waals surface area contributed by atoms with Gasteiger partial charge in [-0.2, -0.15) is 0 Å². The van der Waals surface area contributed by atoms with Crippen LogP contribution in [0.2, 0.25) is 0 Å². The van der Waals surface area contributed by atoms with Crippen molar-refractivity contribution in [3.05, 3.63) is 29.8 Å². The monoisotopic (exact) mass is 219 g/mol. The lowest BCUT2D eigenvalue weighted by Crippen LogP contribution is -2.06. The van der Waals surface area contributed by atoms with Crippen molar-refractivity contribution < 1.29 is 9.47 Å². The molecule has 0 bridgehead atoms. The van der Waals surface area contributed by atoms with Crippen molar-refractivity contribution >= 4 is 5.57 Å². The van der Waals surface area contributed by atoms with Crippen LogP contribution in [0.1, 0.15) is 18.4 Å². The Morgan fingerprint density at radius 3 is 3.06 bits per heavy atom. The first kappa shape index (κ1) is 11.0. The van der Waals surface area contributed by atoms with E-state index < -0.39 is 0 Å². The SMILES string of the molecule is COc1ccc2c(c1)C(CCCN)=CCO2. The van der Waals surface area contributed by atoms with Gasteiger partial charge in [-0.1, -0.05) is 0 Å². The highest BCUT2D eigenvalue weighted by molar-refractivity contribution is 5.73. The number of hydrogen-bond acceptors (Lipinski definition) is 3. The van der Waals surface area contributed by atoms with Crippen LogP contribution in [0.25, 0.3) is 5.57 Å². The first-order chi connectivity index (χ1) is 7.85.